The lowest BCUT2D eigenvalue weighted by atomic mass is 9.94. The van der Waals surface area contributed by atoms with Gasteiger partial charge in [0.1, 0.15) is 48.7 Å². The zero-order chi connectivity index (χ0) is 21.9. The zero-order valence-electron chi connectivity index (χ0n) is 15.9. The largest absolute Gasteiger partial charge is 0.394 e. The maximum atomic E-state index is 11.5. The van der Waals surface area contributed by atoms with Crippen molar-refractivity contribution in [2.75, 3.05) is 13.2 Å². The Morgan fingerprint density at radius 3 is 1.86 bits per heavy atom. The van der Waals surface area contributed by atoms with Crippen LogP contribution in [0.5, 0.6) is 0 Å². The number of carbonyl (C=O) groups excluding carboxylic acids is 2. The predicted molar refractivity (Wildman–Crippen MR) is 91.8 cm³/mol. The molecule has 2 amide bonds. The minimum atomic E-state index is -1.66. The number of ether oxygens (including phenoxy) is 3. The van der Waals surface area contributed by atoms with Gasteiger partial charge in [0.15, 0.2) is 12.6 Å². The molecular formula is C16H28N2O11. The summed E-state index contributed by atoms with van der Waals surface area (Å²) in [4.78, 5) is 23.0. The van der Waals surface area contributed by atoms with Crippen molar-refractivity contribution < 1.29 is 54.4 Å². The van der Waals surface area contributed by atoms with Gasteiger partial charge in [-0.3, -0.25) is 9.59 Å². The van der Waals surface area contributed by atoms with E-state index in [2.05, 4.69) is 10.6 Å². The predicted octanol–water partition coefficient (Wildman–Crippen LogP) is -5.11. The van der Waals surface area contributed by atoms with Gasteiger partial charge in [0.05, 0.1) is 13.2 Å². The van der Waals surface area contributed by atoms with Crippen LogP contribution in [0.2, 0.25) is 0 Å². The number of amides is 2. The van der Waals surface area contributed by atoms with Crippen LogP contribution in [-0.2, 0) is 23.8 Å². The SMILES string of the molecule is CC(=O)N[C@@H]1[C@H](O[C@H]2[C@H](O)[C@@H](CO)O[C@H](O)[C@@H]2NC(C)=O)O[C@H](CO)[C@@H](O)[C@@H]1O. The quantitative estimate of drug-likeness (QED) is 0.202. The van der Waals surface area contributed by atoms with Crippen LogP contribution in [0.3, 0.4) is 0 Å². The lowest BCUT2D eigenvalue weighted by Gasteiger charge is -2.47. The Morgan fingerprint density at radius 2 is 1.34 bits per heavy atom. The summed E-state index contributed by atoms with van der Waals surface area (Å²) < 4.78 is 16.2. The van der Waals surface area contributed by atoms with Gasteiger partial charge in [-0.1, -0.05) is 0 Å². The number of hydrogen-bond acceptors (Lipinski definition) is 11. The highest BCUT2D eigenvalue weighted by atomic mass is 16.7. The van der Waals surface area contributed by atoms with E-state index in [1.807, 2.05) is 0 Å². The molecule has 29 heavy (non-hydrogen) atoms. The molecule has 10 atom stereocenters. The highest BCUT2D eigenvalue weighted by Gasteiger charge is 2.51. The molecule has 2 fully saturated rings. The smallest absolute Gasteiger partial charge is 0.217 e. The highest BCUT2D eigenvalue weighted by molar-refractivity contribution is 5.73. The Labute approximate surface area is 166 Å². The first-order chi connectivity index (χ1) is 13.6. The topological polar surface area (TPSA) is 207 Å². The second-order valence-corrected chi connectivity index (χ2v) is 7.00. The Morgan fingerprint density at radius 1 is 0.828 bits per heavy atom. The molecule has 13 nitrogen and oxygen atoms in total. The van der Waals surface area contributed by atoms with E-state index in [0.717, 1.165) is 13.8 Å². The van der Waals surface area contributed by atoms with Crippen molar-refractivity contribution in [3.05, 3.63) is 0 Å². The lowest BCUT2D eigenvalue weighted by molar-refractivity contribution is -0.323. The highest BCUT2D eigenvalue weighted by Crippen LogP contribution is 2.28. The Bertz CT molecular complexity index is 579. The van der Waals surface area contributed by atoms with Gasteiger partial charge in [-0.25, -0.2) is 0 Å². The van der Waals surface area contributed by atoms with Crippen LogP contribution in [0.15, 0.2) is 0 Å². The third-order valence-electron chi connectivity index (χ3n) is 4.78. The van der Waals surface area contributed by atoms with E-state index in [1.54, 1.807) is 0 Å². The molecule has 0 bridgehead atoms. The van der Waals surface area contributed by atoms with Gasteiger partial charge >= 0.3 is 0 Å². The van der Waals surface area contributed by atoms with Crippen molar-refractivity contribution >= 4 is 11.8 Å². The van der Waals surface area contributed by atoms with Crippen molar-refractivity contribution in [3.63, 3.8) is 0 Å². The summed E-state index contributed by atoms with van der Waals surface area (Å²) in [6, 6.07) is -2.59. The second kappa shape index (κ2) is 10.1. The minimum absolute atomic E-state index is 0.576. The molecule has 8 N–H and O–H groups in total. The summed E-state index contributed by atoms with van der Waals surface area (Å²) >= 11 is 0. The third-order valence-corrected chi connectivity index (χ3v) is 4.78. The number of rotatable bonds is 6. The fraction of sp³-hybridized carbons (Fsp3) is 0.875. The van der Waals surface area contributed by atoms with E-state index < -0.39 is 86.3 Å². The molecule has 0 saturated carbocycles. The number of hydrogen-bond donors (Lipinski definition) is 8. The fourth-order valence-electron chi connectivity index (χ4n) is 3.38. The summed E-state index contributed by atoms with van der Waals surface area (Å²) in [7, 11) is 0. The first-order valence-electron chi connectivity index (χ1n) is 9.05. The molecule has 2 saturated heterocycles. The Hall–Kier alpha value is -1.42. The van der Waals surface area contributed by atoms with Crippen molar-refractivity contribution in [2.45, 2.75) is 75.1 Å². The molecule has 0 aromatic rings. The molecule has 0 aromatic heterocycles. The van der Waals surface area contributed by atoms with Gasteiger partial charge in [-0.15, -0.1) is 0 Å². The summed E-state index contributed by atoms with van der Waals surface area (Å²) in [5.74, 6) is -1.16. The number of carbonyl (C=O) groups is 2. The standard InChI is InChI=1S/C16H28N2O11/c1-5(21)17-9-13(25)11(23)7(3-19)28-16(9)29-14-10(18-6(2)22)15(26)27-8(4-20)12(14)24/h7-16,19-20,23-26H,3-4H2,1-2H3,(H,17,21)(H,18,22)/t7-,8-,9+,10-,11-,12-,13-,14-,15+,16+/m1/s1. The van der Waals surface area contributed by atoms with Gasteiger partial charge in [0, 0.05) is 13.8 Å². The van der Waals surface area contributed by atoms with E-state index in [4.69, 9.17) is 14.2 Å². The van der Waals surface area contributed by atoms with Gasteiger partial charge < -0.3 is 55.5 Å². The lowest BCUT2D eigenvalue weighted by Crippen LogP contribution is -2.69. The van der Waals surface area contributed by atoms with Crippen LogP contribution >= 0.6 is 0 Å². The van der Waals surface area contributed by atoms with Crippen LogP contribution in [0.4, 0.5) is 0 Å². The van der Waals surface area contributed by atoms with Gasteiger partial charge in [0.2, 0.25) is 11.8 Å². The van der Waals surface area contributed by atoms with E-state index in [-0.39, 0.29) is 0 Å². The van der Waals surface area contributed by atoms with Crippen molar-refractivity contribution in [1.82, 2.24) is 10.6 Å². The molecule has 0 spiro atoms. The monoisotopic (exact) mass is 424 g/mol. The fourth-order valence-corrected chi connectivity index (χ4v) is 3.38. The Kier molecular flexibility index (Phi) is 8.28. The first kappa shape index (κ1) is 23.9. The molecule has 2 heterocycles. The Balaban J connectivity index is 2.31. The van der Waals surface area contributed by atoms with Gasteiger partial charge in [-0.05, 0) is 0 Å². The van der Waals surface area contributed by atoms with E-state index in [9.17, 15) is 40.2 Å². The maximum Gasteiger partial charge on any atom is 0.217 e. The molecule has 0 aromatic carbocycles. The normalized spacial score (nSPS) is 42.9. The average molecular weight is 424 g/mol. The number of aliphatic hydroxyl groups excluding tert-OH is 6. The van der Waals surface area contributed by atoms with E-state index >= 15 is 0 Å². The molecule has 168 valence electrons. The summed E-state index contributed by atoms with van der Waals surface area (Å²) in [5.41, 5.74) is 0. The van der Waals surface area contributed by atoms with Crippen molar-refractivity contribution in [2.24, 2.45) is 0 Å². The van der Waals surface area contributed by atoms with Crippen LogP contribution in [-0.4, -0.2) is 117 Å². The average Bonchev–Trinajstić information content (AvgIpc) is 2.65. The maximum absolute atomic E-state index is 11.5. The first-order valence-corrected chi connectivity index (χ1v) is 9.05. The second-order valence-electron chi connectivity index (χ2n) is 7.00. The van der Waals surface area contributed by atoms with Crippen LogP contribution in [0.25, 0.3) is 0 Å². The molecule has 0 unspecified atom stereocenters. The van der Waals surface area contributed by atoms with Crippen molar-refractivity contribution in [1.29, 1.82) is 0 Å². The number of nitrogens with one attached hydrogen (secondary N) is 2. The van der Waals surface area contributed by atoms with Crippen molar-refractivity contribution in [3.8, 4) is 0 Å². The molecule has 2 aliphatic heterocycles. The van der Waals surface area contributed by atoms with E-state index in [0.29, 0.717) is 0 Å². The summed E-state index contributed by atoms with van der Waals surface area (Å²) in [6.07, 6.45) is -11.8. The summed E-state index contributed by atoms with van der Waals surface area (Å²) in [5, 5.41) is 64.5. The number of aliphatic hydroxyl groups is 6. The molecular weight excluding hydrogens is 396 g/mol. The third kappa shape index (κ3) is 5.39. The van der Waals surface area contributed by atoms with E-state index in [1.165, 1.54) is 0 Å². The van der Waals surface area contributed by atoms with Gasteiger partial charge in [-0.2, -0.15) is 0 Å². The molecule has 0 aliphatic carbocycles. The molecule has 2 rings (SSSR count). The zero-order valence-corrected chi connectivity index (χ0v) is 15.9. The molecule has 2 aliphatic rings. The minimum Gasteiger partial charge on any atom is -0.394 e. The van der Waals surface area contributed by atoms with Gasteiger partial charge in [0.25, 0.3) is 0 Å². The molecule has 0 radical (unpaired) electrons. The summed E-state index contributed by atoms with van der Waals surface area (Å²) in [6.45, 7) is 0.959. The van der Waals surface area contributed by atoms with Crippen LogP contribution < -0.4 is 10.6 Å². The molecule has 13 heteroatoms. The van der Waals surface area contributed by atoms with Crippen LogP contribution in [0.1, 0.15) is 13.8 Å². The van der Waals surface area contributed by atoms with Crippen LogP contribution in [0, 0.1) is 0 Å².